The van der Waals surface area contributed by atoms with Gasteiger partial charge in [0.25, 0.3) is 0 Å². The van der Waals surface area contributed by atoms with Gasteiger partial charge in [0.2, 0.25) is 0 Å². The Morgan fingerprint density at radius 1 is 1.33 bits per heavy atom. The number of rotatable bonds is 3. The number of halogens is 1. The first kappa shape index (κ1) is 9.09. The van der Waals surface area contributed by atoms with Gasteiger partial charge in [0, 0.05) is 11.9 Å². The zero-order chi connectivity index (χ0) is 8.81. The van der Waals surface area contributed by atoms with Gasteiger partial charge in [0.05, 0.1) is 0 Å². The van der Waals surface area contributed by atoms with Crippen LogP contribution < -0.4 is 16.6 Å². The highest BCUT2D eigenvalue weighted by atomic mass is 79.9. The first-order valence-corrected chi connectivity index (χ1v) is 4.26. The highest BCUT2D eigenvalue weighted by Gasteiger charge is 1.86. The molecule has 0 aliphatic rings. The van der Waals surface area contributed by atoms with Crippen LogP contribution in [0.2, 0.25) is 0 Å². The molecule has 12 heavy (non-hydrogen) atoms. The first-order chi connectivity index (χ1) is 5.83. The van der Waals surface area contributed by atoms with Crippen LogP contribution in [0.15, 0.2) is 41.1 Å². The number of benzene rings is 1. The van der Waals surface area contributed by atoms with Crippen molar-refractivity contribution < 1.29 is 0 Å². The topological polar surface area (TPSA) is 50.1 Å². The van der Waals surface area contributed by atoms with E-state index in [-0.39, 0.29) is 0 Å². The Morgan fingerprint density at radius 2 is 2.00 bits per heavy atom. The summed E-state index contributed by atoms with van der Waals surface area (Å²) in [5.41, 5.74) is 3.47. The van der Waals surface area contributed by atoms with Crippen LogP contribution in [-0.4, -0.2) is 0 Å². The molecule has 1 aromatic rings. The second kappa shape index (κ2) is 4.79. The summed E-state index contributed by atoms with van der Waals surface area (Å²) in [5, 5.41) is 3.04. The third kappa shape index (κ3) is 2.94. The number of nitrogens with two attached hydrogens (primary N) is 1. The smallest absolute Gasteiger partial charge is 0.108 e. The van der Waals surface area contributed by atoms with Gasteiger partial charge in [0.1, 0.15) is 4.61 Å². The van der Waals surface area contributed by atoms with Crippen LogP contribution in [0.3, 0.4) is 0 Å². The molecule has 0 unspecified atom stereocenters. The highest BCUT2D eigenvalue weighted by Crippen LogP contribution is 2.06. The van der Waals surface area contributed by atoms with E-state index in [1.54, 1.807) is 6.20 Å². The van der Waals surface area contributed by atoms with E-state index >= 15 is 0 Å². The Hall–Kier alpha value is -1.00. The Labute approximate surface area is 79.7 Å². The summed E-state index contributed by atoms with van der Waals surface area (Å²) in [6.07, 6.45) is 1.73. The molecule has 1 rings (SSSR count). The molecule has 0 aliphatic heterocycles. The summed E-state index contributed by atoms with van der Waals surface area (Å²) in [5.74, 6) is 5.13. The van der Waals surface area contributed by atoms with Crippen molar-refractivity contribution >= 4 is 21.6 Å². The average Bonchev–Trinajstić information content (AvgIpc) is 2.16. The van der Waals surface area contributed by atoms with Gasteiger partial charge < -0.3 is 10.7 Å². The predicted octanol–water partition coefficient (Wildman–Crippen LogP) is 1.76. The first-order valence-electron chi connectivity index (χ1n) is 3.47. The molecule has 0 spiro atoms. The lowest BCUT2D eigenvalue weighted by atomic mass is 10.3. The Balaban J connectivity index is 2.54. The molecule has 4 heteroatoms. The van der Waals surface area contributed by atoms with E-state index < -0.39 is 0 Å². The number of hydrazine groups is 1. The largest absolute Gasteiger partial charge is 0.359 e. The van der Waals surface area contributed by atoms with Crippen molar-refractivity contribution in [1.82, 2.24) is 5.43 Å². The SMILES string of the molecule is NN/C(Br)=C\Nc1ccccc1. The average molecular weight is 228 g/mol. The number of anilines is 1. The lowest BCUT2D eigenvalue weighted by molar-refractivity contribution is 0.952. The minimum Gasteiger partial charge on any atom is -0.359 e. The molecule has 0 fully saturated rings. The third-order valence-corrected chi connectivity index (χ3v) is 1.74. The van der Waals surface area contributed by atoms with E-state index in [0.717, 1.165) is 5.69 Å². The number of hydrogen-bond donors (Lipinski definition) is 3. The zero-order valence-corrected chi connectivity index (χ0v) is 8.01. The quantitative estimate of drug-likeness (QED) is 0.419. The van der Waals surface area contributed by atoms with E-state index in [9.17, 15) is 0 Å². The van der Waals surface area contributed by atoms with Gasteiger partial charge in [-0.05, 0) is 28.1 Å². The zero-order valence-electron chi connectivity index (χ0n) is 6.42. The number of para-hydroxylation sites is 1. The Morgan fingerprint density at radius 3 is 2.58 bits per heavy atom. The Bertz CT molecular complexity index is 258. The summed E-state index contributed by atoms with van der Waals surface area (Å²) < 4.78 is 0.700. The van der Waals surface area contributed by atoms with Crippen molar-refractivity contribution in [2.75, 3.05) is 5.32 Å². The van der Waals surface area contributed by atoms with Gasteiger partial charge in [0.15, 0.2) is 0 Å². The molecule has 1 aromatic carbocycles. The van der Waals surface area contributed by atoms with Crippen molar-refractivity contribution in [3.63, 3.8) is 0 Å². The van der Waals surface area contributed by atoms with Gasteiger partial charge in [-0.3, -0.25) is 0 Å². The van der Waals surface area contributed by atoms with E-state index in [4.69, 9.17) is 5.84 Å². The predicted molar refractivity (Wildman–Crippen MR) is 54.4 cm³/mol. The molecule has 4 N–H and O–H groups in total. The van der Waals surface area contributed by atoms with E-state index in [0.29, 0.717) is 4.61 Å². The third-order valence-electron chi connectivity index (χ3n) is 1.28. The molecule has 0 aromatic heterocycles. The summed E-state index contributed by atoms with van der Waals surface area (Å²) in [4.78, 5) is 0. The lowest BCUT2D eigenvalue weighted by Gasteiger charge is -2.00. The second-order valence-electron chi connectivity index (χ2n) is 2.15. The van der Waals surface area contributed by atoms with E-state index in [2.05, 4.69) is 26.7 Å². The maximum Gasteiger partial charge on any atom is 0.108 e. The van der Waals surface area contributed by atoms with Crippen LogP contribution >= 0.6 is 15.9 Å². The molecular formula is C8H10BrN3. The fourth-order valence-electron chi connectivity index (χ4n) is 0.723. The molecule has 0 aliphatic carbocycles. The fourth-order valence-corrected chi connectivity index (χ4v) is 0.837. The van der Waals surface area contributed by atoms with Crippen LogP contribution in [-0.2, 0) is 0 Å². The molecule has 3 nitrogen and oxygen atoms in total. The summed E-state index contributed by atoms with van der Waals surface area (Å²) in [6, 6.07) is 9.81. The van der Waals surface area contributed by atoms with Gasteiger partial charge in [-0.2, -0.15) is 0 Å². The van der Waals surface area contributed by atoms with Gasteiger partial charge in [-0.25, -0.2) is 5.84 Å². The van der Waals surface area contributed by atoms with Crippen molar-refractivity contribution in [3.05, 3.63) is 41.1 Å². The van der Waals surface area contributed by atoms with E-state index in [1.165, 1.54) is 0 Å². The van der Waals surface area contributed by atoms with Crippen molar-refractivity contribution in [1.29, 1.82) is 0 Å². The van der Waals surface area contributed by atoms with E-state index in [1.807, 2.05) is 30.3 Å². The molecule has 0 atom stereocenters. The van der Waals surface area contributed by atoms with Crippen LogP contribution in [0.1, 0.15) is 0 Å². The molecule has 0 radical (unpaired) electrons. The monoisotopic (exact) mass is 227 g/mol. The molecule has 0 saturated heterocycles. The molecule has 0 heterocycles. The van der Waals surface area contributed by atoms with Crippen LogP contribution in [0.5, 0.6) is 0 Å². The van der Waals surface area contributed by atoms with Crippen molar-refractivity contribution in [3.8, 4) is 0 Å². The molecule has 64 valence electrons. The standard InChI is InChI=1S/C8H10BrN3/c9-8(12-10)6-11-7-4-2-1-3-5-7/h1-6,11-12H,10H2/b8-6-. The maximum absolute atomic E-state index is 5.13. The minimum absolute atomic E-state index is 0.700. The number of hydrogen-bond acceptors (Lipinski definition) is 3. The summed E-state index contributed by atoms with van der Waals surface area (Å²) in [6.45, 7) is 0. The van der Waals surface area contributed by atoms with Gasteiger partial charge in [-0.1, -0.05) is 18.2 Å². The summed E-state index contributed by atoms with van der Waals surface area (Å²) in [7, 11) is 0. The van der Waals surface area contributed by atoms with Crippen LogP contribution in [0, 0.1) is 0 Å². The molecular weight excluding hydrogens is 218 g/mol. The van der Waals surface area contributed by atoms with Gasteiger partial charge in [-0.15, -0.1) is 0 Å². The van der Waals surface area contributed by atoms with Crippen molar-refractivity contribution in [2.24, 2.45) is 5.84 Å². The highest BCUT2D eigenvalue weighted by molar-refractivity contribution is 9.11. The molecule has 0 bridgehead atoms. The van der Waals surface area contributed by atoms with Crippen molar-refractivity contribution in [2.45, 2.75) is 0 Å². The minimum atomic E-state index is 0.700. The maximum atomic E-state index is 5.13. The van der Waals surface area contributed by atoms with Crippen LogP contribution in [0.25, 0.3) is 0 Å². The summed E-state index contributed by atoms with van der Waals surface area (Å²) >= 11 is 3.20. The fraction of sp³-hybridized carbons (Fsp3) is 0. The Kier molecular flexibility index (Phi) is 3.63. The van der Waals surface area contributed by atoms with Gasteiger partial charge >= 0.3 is 0 Å². The lowest BCUT2D eigenvalue weighted by Crippen LogP contribution is -2.18. The second-order valence-corrected chi connectivity index (χ2v) is 3.00. The number of nitrogens with one attached hydrogen (secondary N) is 2. The molecule has 0 saturated carbocycles. The normalized spacial score (nSPS) is 11.0. The van der Waals surface area contributed by atoms with Crippen LogP contribution in [0.4, 0.5) is 5.69 Å². The molecule has 0 amide bonds.